The number of anilines is 1. The summed E-state index contributed by atoms with van der Waals surface area (Å²) in [6.07, 6.45) is 4.47. The van der Waals surface area contributed by atoms with Crippen molar-refractivity contribution >= 4 is 28.9 Å². The van der Waals surface area contributed by atoms with E-state index < -0.39 is 17.5 Å². The van der Waals surface area contributed by atoms with Crippen LogP contribution in [0.2, 0.25) is 0 Å². The first kappa shape index (κ1) is 22.0. The highest BCUT2D eigenvalue weighted by molar-refractivity contribution is 5.85. The molecule has 1 aromatic heterocycles. The van der Waals surface area contributed by atoms with Gasteiger partial charge in [0.25, 0.3) is 0 Å². The first-order valence-corrected chi connectivity index (χ1v) is 8.54. The van der Waals surface area contributed by atoms with Gasteiger partial charge >= 0.3 is 0 Å². The van der Waals surface area contributed by atoms with Crippen LogP contribution < -0.4 is 5.32 Å². The Morgan fingerprint density at radius 1 is 1.07 bits per heavy atom. The molecule has 1 saturated heterocycles. The molecular formula is C21H23ClF3N3. The maximum atomic E-state index is 13.8. The third-order valence-corrected chi connectivity index (χ3v) is 4.75. The number of nitrogens with one attached hydrogen (secondary N) is 1. The van der Waals surface area contributed by atoms with Gasteiger partial charge in [-0.2, -0.15) is 0 Å². The Hall–Kier alpha value is -2.31. The lowest BCUT2D eigenvalue weighted by Gasteiger charge is -2.18. The highest BCUT2D eigenvalue weighted by Crippen LogP contribution is 2.23. The van der Waals surface area contributed by atoms with Gasteiger partial charge < -0.3 is 5.32 Å². The zero-order valence-corrected chi connectivity index (χ0v) is 15.3. The normalized spacial score (nSPS) is 16.5. The quantitative estimate of drug-likeness (QED) is 0.585. The Balaban J connectivity index is 0.00000140. The van der Waals surface area contributed by atoms with Gasteiger partial charge in [-0.25, -0.2) is 13.2 Å². The van der Waals surface area contributed by atoms with E-state index in [1.807, 2.05) is 29.3 Å². The van der Waals surface area contributed by atoms with Crippen LogP contribution in [0.3, 0.4) is 0 Å². The number of hydrogen-bond donors (Lipinski definition) is 1. The van der Waals surface area contributed by atoms with Gasteiger partial charge in [0.05, 0.1) is 0 Å². The summed E-state index contributed by atoms with van der Waals surface area (Å²) in [7, 11) is 0. The Kier molecular flexibility index (Phi) is 7.27. The molecule has 1 fully saturated rings. The van der Waals surface area contributed by atoms with Gasteiger partial charge in [0, 0.05) is 60.8 Å². The Morgan fingerprint density at radius 2 is 1.89 bits per heavy atom. The van der Waals surface area contributed by atoms with Gasteiger partial charge in [-0.3, -0.25) is 9.88 Å². The lowest BCUT2D eigenvalue weighted by atomic mass is 10.1. The average Bonchev–Trinajstić information content (AvgIpc) is 3.06. The van der Waals surface area contributed by atoms with Gasteiger partial charge in [0.2, 0.25) is 0 Å². The van der Waals surface area contributed by atoms with Crippen molar-refractivity contribution in [2.75, 3.05) is 18.4 Å². The smallest absolute Gasteiger partial charge is 0.163 e. The van der Waals surface area contributed by atoms with Crippen molar-refractivity contribution in [3.8, 4) is 0 Å². The van der Waals surface area contributed by atoms with E-state index in [2.05, 4.69) is 16.4 Å². The number of rotatable bonds is 4. The molecule has 2 heterocycles. The molecule has 28 heavy (non-hydrogen) atoms. The third kappa shape index (κ3) is 4.75. The van der Waals surface area contributed by atoms with E-state index in [9.17, 15) is 13.2 Å². The molecule has 0 saturated carbocycles. The van der Waals surface area contributed by atoms with Crippen LogP contribution in [0.1, 0.15) is 19.4 Å². The number of hydrogen-bond acceptors (Lipinski definition) is 3. The number of nitrogens with zero attached hydrogens (tertiary/aromatic N) is 2. The van der Waals surface area contributed by atoms with Crippen molar-refractivity contribution in [3.63, 3.8) is 0 Å². The lowest BCUT2D eigenvalue weighted by molar-refractivity contribution is 0.319. The fraction of sp³-hybridized carbons (Fsp3) is 0.286. The second-order valence-electron chi connectivity index (χ2n) is 6.66. The summed E-state index contributed by atoms with van der Waals surface area (Å²) >= 11 is 0. The highest BCUT2D eigenvalue weighted by Gasteiger charge is 2.24. The first-order chi connectivity index (χ1) is 12.6. The summed E-state index contributed by atoms with van der Waals surface area (Å²) in [6, 6.07) is 9.90. The number of likely N-dealkylation sites (tertiary alicyclic amines) is 1. The minimum Gasteiger partial charge on any atom is -0.381 e. The highest BCUT2D eigenvalue weighted by atomic mass is 35.5. The molecule has 0 unspecified atom stereocenters. The molecule has 0 bridgehead atoms. The molecule has 0 radical (unpaired) electrons. The van der Waals surface area contributed by atoms with Crippen molar-refractivity contribution in [2.45, 2.75) is 26.4 Å². The number of benzene rings is 2. The number of aromatic nitrogens is 1. The van der Waals surface area contributed by atoms with Crippen molar-refractivity contribution < 1.29 is 13.2 Å². The van der Waals surface area contributed by atoms with Crippen LogP contribution in [0.5, 0.6) is 0 Å². The summed E-state index contributed by atoms with van der Waals surface area (Å²) in [6.45, 7) is 1.63. The zero-order chi connectivity index (χ0) is 18.1. The standard InChI is InChI=1S/C20H18F3N3.CH4.ClH/c21-16-7-15(20(23)19(22)9-16)11-26-6-4-18(12-26)25-17-2-1-14-10-24-5-3-13(14)8-17;;/h1-3,5,7-10,18,25H,4,6,11-12H2;1H4;1H/t18-;;/m1../s1. The van der Waals surface area contributed by atoms with Gasteiger partial charge in [-0.05, 0) is 36.1 Å². The van der Waals surface area contributed by atoms with E-state index in [4.69, 9.17) is 0 Å². The van der Waals surface area contributed by atoms with Crippen LogP contribution >= 0.6 is 12.4 Å². The van der Waals surface area contributed by atoms with Crippen molar-refractivity contribution in [3.05, 3.63) is 71.8 Å². The topological polar surface area (TPSA) is 28.2 Å². The molecule has 1 aliphatic rings. The van der Waals surface area contributed by atoms with Crippen molar-refractivity contribution in [1.82, 2.24) is 9.88 Å². The van der Waals surface area contributed by atoms with E-state index >= 15 is 0 Å². The summed E-state index contributed by atoms with van der Waals surface area (Å²) in [4.78, 5) is 6.10. The second-order valence-corrected chi connectivity index (χ2v) is 6.66. The molecule has 0 aliphatic carbocycles. The molecule has 1 atom stereocenters. The SMILES string of the molecule is C.Cl.Fc1cc(F)c(F)c(CN2CC[C@@H](Nc3ccc4cnccc4c3)C2)c1. The van der Waals surface area contributed by atoms with Crippen LogP contribution in [0.4, 0.5) is 18.9 Å². The molecule has 0 amide bonds. The van der Waals surface area contributed by atoms with Crippen molar-refractivity contribution in [1.29, 1.82) is 0 Å². The van der Waals surface area contributed by atoms with Crippen LogP contribution in [-0.4, -0.2) is 29.0 Å². The predicted octanol–water partition coefficient (Wildman–Crippen LogP) is 5.40. The maximum absolute atomic E-state index is 13.8. The van der Waals surface area contributed by atoms with E-state index in [1.54, 1.807) is 6.20 Å². The largest absolute Gasteiger partial charge is 0.381 e. The van der Waals surface area contributed by atoms with E-state index in [0.717, 1.165) is 35.5 Å². The molecule has 4 rings (SSSR count). The molecule has 7 heteroatoms. The average molecular weight is 410 g/mol. The fourth-order valence-corrected chi connectivity index (χ4v) is 3.47. The first-order valence-electron chi connectivity index (χ1n) is 8.54. The summed E-state index contributed by atoms with van der Waals surface area (Å²) in [5.41, 5.74) is 1.07. The van der Waals surface area contributed by atoms with Crippen LogP contribution in [-0.2, 0) is 6.54 Å². The lowest BCUT2D eigenvalue weighted by Crippen LogP contribution is -2.26. The number of fused-ring (bicyclic) bond motifs is 1. The summed E-state index contributed by atoms with van der Waals surface area (Å²) in [5, 5.41) is 5.67. The molecule has 3 aromatic rings. The molecule has 0 spiro atoms. The monoisotopic (exact) mass is 409 g/mol. The second kappa shape index (κ2) is 9.26. The van der Waals surface area contributed by atoms with E-state index in [-0.39, 0.29) is 38.0 Å². The molecule has 3 nitrogen and oxygen atoms in total. The third-order valence-electron chi connectivity index (χ3n) is 4.75. The minimum absolute atomic E-state index is 0. The minimum atomic E-state index is -1.14. The molecule has 1 N–H and O–H groups in total. The summed E-state index contributed by atoms with van der Waals surface area (Å²) < 4.78 is 40.5. The van der Waals surface area contributed by atoms with Crippen LogP contribution in [0.25, 0.3) is 10.8 Å². The molecular weight excluding hydrogens is 387 g/mol. The van der Waals surface area contributed by atoms with E-state index in [1.165, 1.54) is 0 Å². The number of pyridine rings is 1. The predicted molar refractivity (Wildman–Crippen MR) is 109 cm³/mol. The van der Waals surface area contributed by atoms with Crippen LogP contribution in [0.15, 0.2) is 48.8 Å². The Bertz CT molecular complexity index is 951. The molecule has 150 valence electrons. The van der Waals surface area contributed by atoms with Gasteiger partial charge in [0.15, 0.2) is 11.6 Å². The fourth-order valence-electron chi connectivity index (χ4n) is 3.47. The summed E-state index contributed by atoms with van der Waals surface area (Å²) in [5.74, 6) is -2.86. The number of halogens is 4. The van der Waals surface area contributed by atoms with Crippen LogP contribution in [0, 0.1) is 17.5 Å². The molecule has 1 aliphatic heterocycles. The van der Waals surface area contributed by atoms with E-state index in [0.29, 0.717) is 12.6 Å². The van der Waals surface area contributed by atoms with Gasteiger partial charge in [0.1, 0.15) is 5.82 Å². The maximum Gasteiger partial charge on any atom is 0.163 e. The van der Waals surface area contributed by atoms with Gasteiger partial charge in [-0.1, -0.05) is 13.5 Å². The van der Waals surface area contributed by atoms with Crippen molar-refractivity contribution in [2.24, 2.45) is 0 Å². The molecule has 2 aromatic carbocycles. The van der Waals surface area contributed by atoms with Gasteiger partial charge in [-0.15, -0.1) is 12.4 Å². The zero-order valence-electron chi connectivity index (χ0n) is 14.5. The Labute approximate surface area is 169 Å². The Morgan fingerprint density at radius 3 is 2.71 bits per heavy atom.